The van der Waals surface area contributed by atoms with E-state index in [1.54, 1.807) is 12.1 Å². The van der Waals surface area contributed by atoms with Gasteiger partial charge in [-0.1, -0.05) is 17.7 Å². The molecule has 0 aliphatic carbocycles. The van der Waals surface area contributed by atoms with Crippen molar-refractivity contribution in [1.29, 1.82) is 0 Å². The Morgan fingerprint density at radius 3 is 2.76 bits per heavy atom. The van der Waals surface area contributed by atoms with Gasteiger partial charge in [0, 0.05) is 23.3 Å². The van der Waals surface area contributed by atoms with Gasteiger partial charge in [-0.15, -0.1) is 0 Å². The van der Waals surface area contributed by atoms with Crippen molar-refractivity contribution in [3.8, 4) is 0 Å². The lowest BCUT2D eigenvalue weighted by Crippen LogP contribution is -2.31. The second kappa shape index (κ2) is 6.22. The molecule has 4 nitrogen and oxygen atoms in total. The molecule has 0 unspecified atom stereocenters. The lowest BCUT2D eigenvalue weighted by molar-refractivity contribution is 0.0961. The van der Waals surface area contributed by atoms with Gasteiger partial charge in [-0.05, 0) is 35.0 Å². The van der Waals surface area contributed by atoms with Crippen LogP contribution in [0.3, 0.4) is 0 Å². The highest BCUT2D eigenvalue weighted by atomic mass is 79.9. The average Bonchev–Trinajstić information content (AvgIpc) is 2.45. The lowest BCUT2D eigenvalue weighted by Gasteiger charge is -2.10. The van der Waals surface area contributed by atoms with Crippen molar-refractivity contribution in [3.05, 3.63) is 67.8 Å². The highest BCUT2D eigenvalue weighted by Gasteiger charge is 2.13. The molecule has 1 N–H and O–H groups in total. The predicted octanol–water partition coefficient (Wildman–Crippen LogP) is 2.47. The Hall–Kier alpha value is -1.95. The number of nitrogens with one attached hydrogen (secondary N) is 1. The van der Waals surface area contributed by atoms with Crippen molar-refractivity contribution in [2.75, 3.05) is 7.05 Å². The van der Waals surface area contributed by atoms with E-state index in [9.17, 15) is 14.0 Å². The first-order valence-corrected chi connectivity index (χ1v) is 7.08. The summed E-state index contributed by atoms with van der Waals surface area (Å²) in [6.45, 7) is 1.92. The van der Waals surface area contributed by atoms with Crippen molar-refractivity contribution in [3.63, 3.8) is 0 Å². The van der Waals surface area contributed by atoms with Gasteiger partial charge in [0.15, 0.2) is 0 Å². The number of rotatable bonds is 3. The normalized spacial score (nSPS) is 10.5. The monoisotopic (exact) mass is 352 g/mol. The van der Waals surface area contributed by atoms with Crippen LogP contribution >= 0.6 is 15.9 Å². The lowest BCUT2D eigenvalue weighted by atomic mass is 10.1. The molecule has 0 spiro atoms. The molecule has 6 heteroatoms. The average molecular weight is 353 g/mol. The predicted molar refractivity (Wildman–Crippen MR) is 82.0 cm³/mol. The van der Waals surface area contributed by atoms with Gasteiger partial charge in [0.05, 0.1) is 6.54 Å². The minimum absolute atomic E-state index is 0.0138. The fourth-order valence-corrected chi connectivity index (χ4v) is 2.50. The van der Waals surface area contributed by atoms with Crippen LogP contribution in [0.1, 0.15) is 21.5 Å². The topological polar surface area (TPSA) is 51.1 Å². The van der Waals surface area contributed by atoms with Crippen LogP contribution in [0, 0.1) is 12.7 Å². The quantitative estimate of drug-likeness (QED) is 0.922. The molecule has 0 fully saturated rings. The Morgan fingerprint density at radius 2 is 2.10 bits per heavy atom. The zero-order chi connectivity index (χ0) is 15.6. The summed E-state index contributed by atoms with van der Waals surface area (Å²) in [4.78, 5) is 24.0. The molecule has 1 heterocycles. The van der Waals surface area contributed by atoms with Gasteiger partial charge in [0.2, 0.25) is 0 Å². The summed E-state index contributed by atoms with van der Waals surface area (Å²) in [7, 11) is 1.45. The standard InChI is InChI=1S/C15H14BrFN2O2/c1-9-3-4-13(17)10(5-9)7-19-8-11(16)6-12(15(19)21)14(20)18-2/h3-6,8H,7H2,1-2H3,(H,18,20). The first-order valence-electron chi connectivity index (χ1n) is 6.29. The molecule has 0 bridgehead atoms. The molecular formula is C15H14BrFN2O2. The smallest absolute Gasteiger partial charge is 0.263 e. The molecule has 0 radical (unpaired) electrons. The number of hydrogen-bond acceptors (Lipinski definition) is 2. The van der Waals surface area contributed by atoms with Crippen molar-refractivity contribution in [2.24, 2.45) is 0 Å². The Bertz CT molecular complexity index is 756. The van der Waals surface area contributed by atoms with E-state index in [1.165, 1.54) is 29.9 Å². The molecule has 110 valence electrons. The number of aromatic nitrogens is 1. The largest absolute Gasteiger partial charge is 0.355 e. The van der Waals surface area contributed by atoms with Crippen LogP contribution in [-0.4, -0.2) is 17.5 Å². The van der Waals surface area contributed by atoms with Crippen molar-refractivity contribution >= 4 is 21.8 Å². The van der Waals surface area contributed by atoms with Crippen LogP contribution in [0.5, 0.6) is 0 Å². The minimum Gasteiger partial charge on any atom is -0.355 e. The molecule has 1 aromatic carbocycles. The second-order valence-corrected chi connectivity index (χ2v) is 5.59. The maximum atomic E-state index is 13.8. The molecule has 0 saturated heterocycles. The molecule has 2 rings (SSSR count). The number of benzene rings is 1. The van der Waals surface area contributed by atoms with Crippen molar-refractivity contribution in [2.45, 2.75) is 13.5 Å². The molecule has 0 atom stereocenters. The number of amides is 1. The van der Waals surface area contributed by atoms with Crippen LogP contribution in [0.25, 0.3) is 0 Å². The number of hydrogen-bond donors (Lipinski definition) is 1. The SMILES string of the molecule is CNC(=O)c1cc(Br)cn(Cc2cc(C)ccc2F)c1=O. The van der Waals surface area contributed by atoms with Gasteiger partial charge in [0.1, 0.15) is 11.4 Å². The Kier molecular flexibility index (Phi) is 4.57. The third kappa shape index (κ3) is 3.39. The highest BCUT2D eigenvalue weighted by Crippen LogP contribution is 2.14. The molecule has 0 aliphatic rings. The second-order valence-electron chi connectivity index (χ2n) is 4.68. The summed E-state index contributed by atoms with van der Waals surface area (Å²) in [5.74, 6) is -0.853. The summed E-state index contributed by atoms with van der Waals surface area (Å²) in [5, 5.41) is 2.41. The summed E-state index contributed by atoms with van der Waals surface area (Å²) in [6, 6.07) is 6.17. The molecular weight excluding hydrogens is 339 g/mol. The number of nitrogens with zero attached hydrogens (tertiary/aromatic N) is 1. The molecule has 21 heavy (non-hydrogen) atoms. The molecule has 2 aromatic rings. The van der Waals surface area contributed by atoms with Crippen molar-refractivity contribution < 1.29 is 9.18 Å². The van der Waals surface area contributed by atoms with E-state index in [0.717, 1.165) is 5.56 Å². The maximum absolute atomic E-state index is 13.8. The van der Waals surface area contributed by atoms with Crippen LogP contribution in [0.15, 0.2) is 39.7 Å². The van der Waals surface area contributed by atoms with E-state index in [0.29, 0.717) is 10.0 Å². The first kappa shape index (κ1) is 15.4. The number of aryl methyl sites for hydroxylation is 1. The number of pyridine rings is 1. The molecule has 0 aliphatic heterocycles. The van der Waals surface area contributed by atoms with E-state index < -0.39 is 11.5 Å². The first-order chi connectivity index (χ1) is 9.92. The third-order valence-corrected chi connectivity index (χ3v) is 3.50. The highest BCUT2D eigenvalue weighted by molar-refractivity contribution is 9.10. The van der Waals surface area contributed by atoms with E-state index in [-0.39, 0.29) is 17.9 Å². The zero-order valence-electron chi connectivity index (χ0n) is 11.6. The van der Waals surface area contributed by atoms with E-state index >= 15 is 0 Å². The van der Waals surface area contributed by atoms with Crippen molar-refractivity contribution in [1.82, 2.24) is 9.88 Å². The van der Waals surface area contributed by atoms with Gasteiger partial charge in [0.25, 0.3) is 11.5 Å². The summed E-state index contributed by atoms with van der Waals surface area (Å²) in [6.07, 6.45) is 1.54. The number of carbonyl (C=O) groups excluding carboxylic acids is 1. The van der Waals surface area contributed by atoms with E-state index in [4.69, 9.17) is 0 Å². The minimum atomic E-state index is -0.472. The van der Waals surface area contributed by atoms with Gasteiger partial charge in [-0.25, -0.2) is 4.39 Å². The Labute approximate surface area is 129 Å². The fraction of sp³-hybridized carbons (Fsp3) is 0.200. The van der Waals surface area contributed by atoms with Gasteiger partial charge >= 0.3 is 0 Å². The fourth-order valence-electron chi connectivity index (χ4n) is 2.02. The molecule has 1 aromatic heterocycles. The number of carbonyl (C=O) groups is 1. The number of halogens is 2. The Balaban J connectivity index is 2.50. The van der Waals surface area contributed by atoms with Crippen LogP contribution in [0.4, 0.5) is 4.39 Å². The maximum Gasteiger partial charge on any atom is 0.263 e. The molecule has 0 saturated carbocycles. The summed E-state index contributed by atoms with van der Waals surface area (Å²) < 4.78 is 15.7. The van der Waals surface area contributed by atoms with Gasteiger partial charge < -0.3 is 9.88 Å². The third-order valence-electron chi connectivity index (χ3n) is 3.07. The van der Waals surface area contributed by atoms with Crippen LogP contribution in [0.2, 0.25) is 0 Å². The van der Waals surface area contributed by atoms with Gasteiger partial charge in [-0.3, -0.25) is 9.59 Å². The van der Waals surface area contributed by atoms with E-state index in [2.05, 4.69) is 21.2 Å². The van der Waals surface area contributed by atoms with E-state index in [1.807, 2.05) is 6.92 Å². The Morgan fingerprint density at radius 1 is 1.38 bits per heavy atom. The van der Waals surface area contributed by atoms with Crippen LogP contribution in [-0.2, 0) is 6.54 Å². The molecule has 1 amide bonds. The zero-order valence-corrected chi connectivity index (χ0v) is 13.2. The van der Waals surface area contributed by atoms with Gasteiger partial charge in [-0.2, -0.15) is 0 Å². The summed E-state index contributed by atoms with van der Waals surface area (Å²) in [5.41, 5.74) is 0.859. The summed E-state index contributed by atoms with van der Waals surface area (Å²) >= 11 is 3.26. The van der Waals surface area contributed by atoms with Crippen LogP contribution < -0.4 is 10.9 Å².